The van der Waals surface area contributed by atoms with Crippen LogP contribution in [0.25, 0.3) is 41.1 Å². The van der Waals surface area contributed by atoms with Crippen LogP contribution in [0.2, 0.25) is 0 Å². The van der Waals surface area contributed by atoms with Crippen LogP contribution >= 0.6 is 0 Å². The summed E-state index contributed by atoms with van der Waals surface area (Å²) < 4.78 is 60.7. The molecule has 12 rings (SSSR count). The lowest BCUT2D eigenvalue weighted by Crippen LogP contribution is -2.42. The molecule has 73 heavy (non-hydrogen) atoms. The van der Waals surface area contributed by atoms with E-state index in [-0.39, 0.29) is 73.8 Å². The number of aromatic hydroxyl groups is 1. The Hall–Kier alpha value is -8.22. The molecule has 10 aliphatic rings. The maximum Gasteiger partial charge on any atom is 0.339 e. The number of fused-ring (bicyclic) bond motifs is 6. The van der Waals surface area contributed by atoms with Gasteiger partial charge in [-0.1, -0.05) is 6.92 Å². The Balaban J connectivity index is 0.000000143. The summed E-state index contributed by atoms with van der Waals surface area (Å²) in [5.41, 5.74) is 8.00. The summed E-state index contributed by atoms with van der Waals surface area (Å²) in [6.45, 7) is 22.2. The molecule has 0 fully saturated rings. The zero-order valence-electron chi connectivity index (χ0n) is 42.4. The van der Waals surface area contributed by atoms with Crippen molar-refractivity contribution >= 4 is 38.8 Å². The number of rotatable bonds is 0. The molecule has 3 radical (unpaired) electrons. The fraction of sp³-hybridized carbons (Fsp3) is 0.333. The molecule has 0 bridgehead atoms. The molecule has 6 atom stereocenters. The number of carbonyl (C=O) groups excluding carboxylic acids is 2. The lowest BCUT2D eigenvalue weighted by molar-refractivity contribution is -0.295. The maximum atomic E-state index is 11.3. The summed E-state index contributed by atoms with van der Waals surface area (Å²) in [6, 6.07) is 3.44. The third kappa shape index (κ3) is 11.0. The van der Waals surface area contributed by atoms with Crippen LogP contribution in [-0.4, -0.2) is 49.4 Å². The van der Waals surface area contributed by atoms with Gasteiger partial charge in [0.2, 0.25) is 0 Å². The second-order valence-corrected chi connectivity index (χ2v) is 17.7. The molecule has 0 aliphatic carbocycles. The molecule has 0 saturated heterocycles. The second-order valence-electron chi connectivity index (χ2n) is 17.7. The maximum absolute atomic E-state index is 11.3. The Kier molecular flexibility index (Phi) is 16.3. The van der Waals surface area contributed by atoms with Gasteiger partial charge in [0.05, 0.1) is 31.0 Å². The predicted molar refractivity (Wildman–Crippen MR) is 262 cm³/mol. The Morgan fingerprint density at radius 1 is 0.671 bits per heavy atom. The van der Waals surface area contributed by atoms with Crippen molar-refractivity contribution in [2.75, 3.05) is 0 Å². The van der Waals surface area contributed by atoms with Crippen molar-refractivity contribution in [3.8, 4) is 34.5 Å². The highest BCUT2D eigenvalue weighted by molar-refractivity contribution is 5.94. The predicted octanol–water partition coefficient (Wildman–Crippen LogP) is 8.17. The minimum atomic E-state index is -0.587. The van der Waals surface area contributed by atoms with Crippen molar-refractivity contribution in [2.24, 2.45) is 5.92 Å². The normalized spacial score (nSPS) is 22.2. The van der Waals surface area contributed by atoms with Gasteiger partial charge in [-0.25, -0.2) is 19.2 Å². The third-order valence-corrected chi connectivity index (χ3v) is 13.0. The SMILES string of the molecule is CC1=C2C(=COC(C)C2C)OC1=O.CC1=C2C=COC(C)C2(C)OC1=O.Cc1c(O)oc2c1=CC(C)OC=2.Cc1c([O-])oc2c1C=COC2C.Cc1c2ccocc-2oc1=O.Cc1c2ccocc-2oc1=O.[B]. The van der Waals surface area contributed by atoms with E-state index in [2.05, 4.69) is 0 Å². The number of furan rings is 4. The number of hydrogen-bond acceptors (Lipinski definition) is 18. The molecule has 0 aromatic carbocycles. The van der Waals surface area contributed by atoms with Crippen LogP contribution in [0.15, 0.2) is 126 Å². The largest absolute Gasteiger partial charge is 0.579 e. The molecule has 6 unspecified atom stereocenters. The van der Waals surface area contributed by atoms with Gasteiger partial charge < -0.3 is 65.1 Å². The first-order chi connectivity index (χ1) is 34.1. The van der Waals surface area contributed by atoms with Crippen LogP contribution in [-0.2, 0) is 38.0 Å². The highest BCUT2D eigenvalue weighted by Crippen LogP contribution is 2.40. The van der Waals surface area contributed by atoms with E-state index in [0.717, 1.165) is 38.6 Å². The average molecular weight is 1000 g/mol. The zero-order valence-corrected chi connectivity index (χ0v) is 42.4. The topological polar surface area (TPSA) is 246 Å². The van der Waals surface area contributed by atoms with E-state index in [0.29, 0.717) is 56.3 Å². The summed E-state index contributed by atoms with van der Waals surface area (Å²) in [4.78, 5) is 44.4. The molecule has 19 heteroatoms. The summed E-state index contributed by atoms with van der Waals surface area (Å²) in [7, 11) is 0. The Morgan fingerprint density at radius 2 is 1.27 bits per heavy atom. The molecule has 1 N–H and O–H groups in total. The van der Waals surface area contributed by atoms with Gasteiger partial charge in [-0.2, -0.15) is 0 Å². The third-order valence-electron chi connectivity index (χ3n) is 13.0. The van der Waals surface area contributed by atoms with E-state index < -0.39 is 5.60 Å². The van der Waals surface area contributed by atoms with E-state index in [1.54, 1.807) is 71.4 Å². The molecule has 10 aliphatic heterocycles. The van der Waals surface area contributed by atoms with Gasteiger partial charge in [0.25, 0.3) is 5.95 Å². The summed E-state index contributed by atoms with van der Waals surface area (Å²) >= 11 is 0. The van der Waals surface area contributed by atoms with Gasteiger partial charge in [0.15, 0.2) is 28.3 Å². The van der Waals surface area contributed by atoms with Gasteiger partial charge in [0.1, 0.15) is 49.5 Å². The van der Waals surface area contributed by atoms with Crippen molar-refractivity contribution in [1.29, 1.82) is 0 Å². The molecule has 0 amide bonds. The van der Waals surface area contributed by atoms with Crippen LogP contribution in [0.1, 0.15) is 95.1 Å². The fourth-order valence-corrected chi connectivity index (χ4v) is 8.11. The standard InChI is InChI=1S/2C10H12O3.2C9H10O3.2C8H6O3.B/c1-6-8-4-5-12-7(2)10(8,3)13-9(6)11;1-5-7(3)12-4-8-9(5)6(2)10(11)13-8;1-5-3-7-6(2)9(10)12-8(7)4-11-5;1-5-7-3-4-11-6(2)8(7)12-9(5)10;2*1-5-6-2-3-10-4-7(6)11-8(5)9;/h2*4-5,7H,1-3H3;3-5,10H,1-2H3;3-4,6,10H,1-2H3;2*2-4H,1H3;/p-1. The van der Waals surface area contributed by atoms with Gasteiger partial charge in [0, 0.05) is 75.4 Å². The fourth-order valence-electron chi connectivity index (χ4n) is 8.11. The molecule has 383 valence electrons. The smallest absolute Gasteiger partial charge is 0.339 e. The second kappa shape index (κ2) is 22.1. The average Bonchev–Trinajstić information content (AvgIpc) is 4.15. The molecular weight excluding hydrogens is 947 g/mol. The van der Waals surface area contributed by atoms with Crippen LogP contribution < -0.4 is 27.0 Å². The van der Waals surface area contributed by atoms with Crippen molar-refractivity contribution < 1.29 is 74.7 Å². The number of hydrogen-bond donors (Lipinski definition) is 1. The summed E-state index contributed by atoms with van der Waals surface area (Å²) in [6.07, 6.45) is 17.5. The van der Waals surface area contributed by atoms with Crippen LogP contribution in [0.3, 0.4) is 0 Å². The first-order valence-electron chi connectivity index (χ1n) is 22.9. The lowest BCUT2D eigenvalue weighted by atomic mass is 9.88. The number of esters is 2. The molecule has 0 spiro atoms. The van der Waals surface area contributed by atoms with Crippen molar-refractivity contribution in [3.05, 3.63) is 155 Å². The molecule has 2 aromatic rings. The van der Waals surface area contributed by atoms with E-state index in [9.17, 15) is 29.4 Å². The Morgan fingerprint density at radius 3 is 1.85 bits per heavy atom. The van der Waals surface area contributed by atoms with Crippen LogP contribution in [0.4, 0.5) is 0 Å². The number of carbonyl (C=O) groups is 2. The lowest BCUT2D eigenvalue weighted by Gasteiger charge is -2.33. The summed E-state index contributed by atoms with van der Waals surface area (Å²) in [5, 5.41) is 21.3. The van der Waals surface area contributed by atoms with Crippen molar-refractivity contribution in [3.63, 3.8) is 0 Å². The molecule has 18 nitrogen and oxygen atoms in total. The molecule has 12 heterocycles. The van der Waals surface area contributed by atoms with Gasteiger partial charge in [-0.15, -0.1) is 0 Å². The van der Waals surface area contributed by atoms with E-state index >= 15 is 0 Å². The van der Waals surface area contributed by atoms with E-state index in [4.69, 9.17) is 54.9 Å². The zero-order chi connectivity index (χ0) is 52.3. The van der Waals surface area contributed by atoms with E-state index in [1.807, 2.05) is 54.5 Å². The minimum absolute atomic E-state index is 0. The van der Waals surface area contributed by atoms with E-state index in [1.165, 1.54) is 37.6 Å². The van der Waals surface area contributed by atoms with Crippen LogP contribution in [0, 0.1) is 33.6 Å². The highest BCUT2D eigenvalue weighted by Gasteiger charge is 2.48. The molecule has 0 saturated carbocycles. The number of allylic oxidation sites excluding steroid dienone is 1. The monoisotopic (exact) mass is 1000 g/mol. The van der Waals surface area contributed by atoms with Crippen molar-refractivity contribution in [1.82, 2.24) is 0 Å². The van der Waals surface area contributed by atoms with Gasteiger partial charge in [-0.3, -0.25) is 0 Å². The van der Waals surface area contributed by atoms with Crippen LogP contribution in [0.5, 0.6) is 11.9 Å². The summed E-state index contributed by atoms with van der Waals surface area (Å²) in [5.74, 6) is 1.71. The molecular formula is C54H55BO18-. The van der Waals surface area contributed by atoms with Gasteiger partial charge >= 0.3 is 23.2 Å². The highest BCUT2D eigenvalue weighted by atomic mass is 16.6. The Labute approximate surface area is 421 Å². The first-order valence-corrected chi connectivity index (χ1v) is 22.9. The van der Waals surface area contributed by atoms with Gasteiger partial charge in [-0.05, 0) is 118 Å². The minimum Gasteiger partial charge on any atom is -0.579 e. The Bertz CT molecular complexity index is 3250. The number of ether oxygens (including phenoxy) is 6. The van der Waals surface area contributed by atoms with Crippen molar-refractivity contribution in [2.45, 2.75) is 113 Å². The quantitative estimate of drug-likeness (QED) is 0.111. The molecule has 2 aromatic heterocycles. The first kappa shape index (κ1) is 54.1.